The average molecular weight is 427 g/mol. The fraction of sp³-hybridized carbons (Fsp3) is 0.350. The Hall–Kier alpha value is -3.27. The fourth-order valence-corrected chi connectivity index (χ4v) is 4.41. The predicted octanol–water partition coefficient (Wildman–Crippen LogP) is 1.76. The largest absolute Gasteiger partial charge is 0.494 e. The van der Waals surface area contributed by atoms with Crippen molar-refractivity contribution in [2.75, 3.05) is 18.1 Å². The molecule has 1 aliphatic rings. The summed E-state index contributed by atoms with van der Waals surface area (Å²) in [6.45, 7) is 4.57. The van der Waals surface area contributed by atoms with E-state index in [0.29, 0.717) is 23.3 Å². The molecule has 4 rings (SSSR count). The summed E-state index contributed by atoms with van der Waals surface area (Å²) in [5.41, 5.74) is 0.995. The first-order chi connectivity index (χ1) is 14.4. The van der Waals surface area contributed by atoms with Gasteiger partial charge in [-0.1, -0.05) is 11.3 Å². The first kappa shape index (κ1) is 20.0. The van der Waals surface area contributed by atoms with Crippen molar-refractivity contribution < 1.29 is 14.3 Å². The second-order valence-electron chi connectivity index (χ2n) is 7.00. The van der Waals surface area contributed by atoms with Gasteiger partial charge in [-0.2, -0.15) is 0 Å². The first-order valence-corrected chi connectivity index (χ1v) is 10.4. The summed E-state index contributed by atoms with van der Waals surface area (Å²) in [5, 5.41) is 3.34. The standard InChI is InChI=1S/C20H21N5O4S/c1-3-29-14-4-5-15-16(8-14)30-20(24-15)25-10-12(6-18(25)27)19(28)21-9-13-7-17(26)23-11(2)22-13/h4-5,7-8,12H,3,6,9-10H2,1-2H3,(H,21,28)(H,22,23,26). The van der Waals surface area contributed by atoms with Gasteiger partial charge in [-0.05, 0) is 32.0 Å². The number of aromatic amines is 1. The Morgan fingerprint density at radius 1 is 1.33 bits per heavy atom. The normalized spacial score (nSPS) is 16.3. The number of carbonyl (C=O) groups excluding carboxylic acids is 2. The lowest BCUT2D eigenvalue weighted by Crippen LogP contribution is -2.33. The van der Waals surface area contributed by atoms with E-state index in [-0.39, 0.29) is 36.9 Å². The highest BCUT2D eigenvalue weighted by Crippen LogP contribution is 2.34. The molecule has 9 nitrogen and oxygen atoms in total. The molecule has 0 spiro atoms. The number of fused-ring (bicyclic) bond motifs is 1. The van der Waals surface area contributed by atoms with E-state index in [4.69, 9.17) is 4.74 Å². The Morgan fingerprint density at radius 2 is 2.17 bits per heavy atom. The molecule has 0 saturated carbocycles. The van der Waals surface area contributed by atoms with Crippen LogP contribution in [0.25, 0.3) is 10.2 Å². The number of nitrogens with zero attached hydrogens (tertiary/aromatic N) is 3. The molecule has 1 atom stereocenters. The predicted molar refractivity (Wildman–Crippen MR) is 113 cm³/mol. The monoisotopic (exact) mass is 427 g/mol. The second kappa shape index (κ2) is 8.23. The number of thiazole rings is 1. The van der Waals surface area contributed by atoms with E-state index in [0.717, 1.165) is 16.0 Å². The van der Waals surface area contributed by atoms with Crippen LogP contribution in [0.1, 0.15) is 24.9 Å². The van der Waals surface area contributed by atoms with Crippen molar-refractivity contribution in [2.45, 2.75) is 26.8 Å². The van der Waals surface area contributed by atoms with E-state index < -0.39 is 5.92 Å². The lowest BCUT2D eigenvalue weighted by Gasteiger charge is -2.13. The van der Waals surface area contributed by atoms with E-state index in [1.807, 2.05) is 25.1 Å². The summed E-state index contributed by atoms with van der Waals surface area (Å²) < 4.78 is 6.44. The Morgan fingerprint density at radius 3 is 2.93 bits per heavy atom. The first-order valence-electron chi connectivity index (χ1n) is 9.61. The topological polar surface area (TPSA) is 117 Å². The molecule has 10 heteroatoms. The molecule has 156 valence electrons. The quantitative estimate of drug-likeness (QED) is 0.619. The molecular weight excluding hydrogens is 406 g/mol. The van der Waals surface area contributed by atoms with Crippen molar-refractivity contribution in [1.82, 2.24) is 20.3 Å². The van der Waals surface area contributed by atoms with Gasteiger partial charge in [-0.3, -0.25) is 19.3 Å². The molecule has 3 heterocycles. The van der Waals surface area contributed by atoms with Crippen molar-refractivity contribution in [3.05, 3.63) is 46.1 Å². The van der Waals surface area contributed by atoms with E-state index >= 15 is 0 Å². The number of aromatic nitrogens is 3. The molecule has 1 aliphatic heterocycles. The lowest BCUT2D eigenvalue weighted by molar-refractivity contribution is -0.126. The summed E-state index contributed by atoms with van der Waals surface area (Å²) >= 11 is 1.40. The molecule has 3 aromatic rings. The fourth-order valence-electron chi connectivity index (χ4n) is 3.39. The maximum absolute atomic E-state index is 12.6. The van der Waals surface area contributed by atoms with Crippen molar-refractivity contribution in [1.29, 1.82) is 0 Å². The van der Waals surface area contributed by atoms with Gasteiger partial charge in [0.1, 0.15) is 11.6 Å². The van der Waals surface area contributed by atoms with Crippen LogP contribution in [0, 0.1) is 12.8 Å². The number of hydrogen-bond acceptors (Lipinski definition) is 7. The number of ether oxygens (including phenoxy) is 1. The molecule has 0 bridgehead atoms. The number of nitrogens with one attached hydrogen (secondary N) is 2. The van der Waals surface area contributed by atoms with Crippen LogP contribution in [0.2, 0.25) is 0 Å². The summed E-state index contributed by atoms with van der Waals surface area (Å²) in [6.07, 6.45) is 0.119. The number of aryl methyl sites for hydroxylation is 1. The summed E-state index contributed by atoms with van der Waals surface area (Å²) in [7, 11) is 0. The molecule has 0 radical (unpaired) electrons. The van der Waals surface area contributed by atoms with Crippen LogP contribution in [0.5, 0.6) is 5.75 Å². The third-order valence-electron chi connectivity index (χ3n) is 4.74. The van der Waals surface area contributed by atoms with Crippen LogP contribution in [0.4, 0.5) is 5.13 Å². The number of hydrogen-bond donors (Lipinski definition) is 2. The van der Waals surface area contributed by atoms with Gasteiger partial charge in [-0.15, -0.1) is 0 Å². The van der Waals surface area contributed by atoms with E-state index in [2.05, 4.69) is 20.3 Å². The summed E-state index contributed by atoms with van der Waals surface area (Å²) in [5.74, 6) is 0.382. The molecule has 2 aromatic heterocycles. The smallest absolute Gasteiger partial charge is 0.251 e. The minimum Gasteiger partial charge on any atom is -0.494 e. The van der Waals surface area contributed by atoms with Crippen molar-refractivity contribution in [2.24, 2.45) is 5.92 Å². The van der Waals surface area contributed by atoms with Crippen LogP contribution < -0.4 is 20.5 Å². The van der Waals surface area contributed by atoms with Crippen LogP contribution in [-0.2, 0) is 16.1 Å². The zero-order valence-corrected chi connectivity index (χ0v) is 17.4. The third-order valence-corrected chi connectivity index (χ3v) is 5.78. The van der Waals surface area contributed by atoms with Gasteiger partial charge in [0.25, 0.3) is 5.56 Å². The number of rotatable bonds is 6. The van der Waals surface area contributed by atoms with E-state index in [9.17, 15) is 14.4 Å². The molecule has 2 N–H and O–H groups in total. The molecule has 1 saturated heterocycles. The number of benzene rings is 1. The summed E-state index contributed by atoms with van der Waals surface area (Å²) in [6, 6.07) is 6.96. The van der Waals surface area contributed by atoms with Crippen molar-refractivity contribution >= 4 is 38.5 Å². The minimum atomic E-state index is -0.480. The van der Waals surface area contributed by atoms with Crippen LogP contribution >= 0.6 is 11.3 Å². The molecule has 2 amide bonds. The maximum atomic E-state index is 12.6. The molecule has 1 unspecified atom stereocenters. The molecule has 30 heavy (non-hydrogen) atoms. The van der Waals surface area contributed by atoms with Crippen LogP contribution in [0.3, 0.4) is 0 Å². The Labute approximate surface area is 176 Å². The number of amides is 2. The van der Waals surface area contributed by atoms with E-state index in [1.54, 1.807) is 11.8 Å². The zero-order valence-electron chi connectivity index (χ0n) is 16.6. The molecule has 1 aromatic carbocycles. The molecule has 1 fully saturated rings. The number of carbonyl (C=O) groups is 2. The number of H-pyrrole nitrogens is 1. The molecule has 0 aliphatic carbocycles. The zero-order chi connectivity index (χ0) is 21.3. The minimum absolute atomic E-state index is 0.119. The Balaban J connectivity index is 1.43. The highest BCUT2D eigenvalue weighted by molar-refractivity contribution is 7.22. The van der Waals surface area contributed by atoms with Gasteiger partial charge in [0.05, 0.1) is 35.0 Å². The highest BCUT2D eigenvalue weighted by Gasteiger charge is 2.36. The Kier molecular flexibility index (Phi) is 5.49. The number of anilines is 1. The van der Waals surface area contributed by atoms with E-state index in [1.165, 1.54) is 17.4 Å². The van der Waals surface area contributed by atoms with Gasteiger partial charge in [0, 0.05) is 19.0 Å². The SMILES string of the molecule is CCOc1ccc2nc(N3CC(C(=O)NCc4cc(=O)[nH]c(C)n4)CC3=O)sc2c1. The van der Waals surface area contributed by atoms with Crippen LogP contribution in [-0.4, -0.2) is 39.9 Å². The van der Waals surface area contributed by atoms with Gasteiger partial charge in [-0.25, -0.2) is 9.97 Å². The Bertz CT molecular complexity index is 1170. The van der Waals surface area contributed by atoms with Crippen molar-refractivity contribution in [3.63, 3.8) is 0 Å². The van der Waals surface area contributed by atoms with Crippen molar-refractivity contribution in [3.8, 4) is 5.75 Å². The summed E-state index contributed by atoms with van der Waals surface area (Å²) in [4.78, 5) is 49.5. The van der Waals surface area contributed by atoms with Crippen LogP contribution in [0.15, 0.2) is 29.1 Å². The van der Waals surface area contributed by atoms with Gasteiger partial charge < -0.3 is 15.0 Å². The third kappa shape index (κ3) is 4.18. The molecular formula is C20H21N5O4S. The van der Waals surface area contributed by atoms with Gasteiger partial charge in [0.2, 0.25) is 11.8 Å². The van der Waals surface area contributed by atoms with Gasteiger partial charge in [0.15, 0.2) is 5.13 Å². The van der Waals surface area contributed by atoms with Gasteiger partial charge >= 0.3 is 0 Å². The second-order valence-corrected chi connectivity index (χ2v) is 8.01. The lowest BCUT2D eigenvalue weighted by atomic mass is 10.1. The average Bonchev–Trinajstić information content (AvgIpc) is 3.28. The maximum Gasteiger partial charge on any atom is 0.251 e. The highest BCUT2D eigenvalue weighted by atomic mass is 32.1.